The zero-order chi connectivity index (χ0) is 22.4. The molecule has 0 aromatic heterocycles. The first-order chi connectivity index (χ1) is 15.5. The van der Waals surface area contributed by atoms with Crippen LogP contribution in [0.2, 0.25) is 0 Å². The van der Waals surface area contributed by atoms with Gasteiger partial charge in [0.2, 0.25) is 0 Å². The molecule has 2 aromatic carbocycles. The Morgan fingerprint density at radius 2 is 1.97 bits per heavy atom. The van der Waals surface area contributed by atoms with Crippen LogP contribution in [0.3, 0.4) is 0 Å². The van der Waals surface area contributed by atoms with Crippen molar-refractivity contribution in [3.8, 4) is 5.75 Å². The van der Waals surface area contributed by atoms with Crippen molar-refractivity contribution >= 4 is 5.91 Å². The predicted molar refractivity (Wildman–Crippen MR) is 122 cm³/mol. The van der Waals surface area contributed by atoms with Crippen molar-refractivity contribution in [3.05, 3.63) is 66.0 Å². The van der Waals surface area contributed by atoms with Gasteiger partial charge in [0.1, 0.15) is 11.6 Å². The van der Waals surface area contributed by atoms with E-state index in [2.05, 4.69) is 41.5 Å². The van der Waals surface area contributed by atoms with Gasteiger partial charge < -0.3 is 19.7 Å². The van der Waals surface area contributed by atoms with Crippen molar-refractivity contribution in [2.45, 2.75) is 56.2 Å². The van der Waals surface area contributed by atoms with Crippen LogP contribution in [0, 0.1) is 5.82 Å². The van der Waals surface area contributed by atoms with Gasteiger partial charge in [-0.05, 0) is 75.4 Å². The lowest BCUT2D eigenvalue weighted by molar-refractivity contribution is -0.126. The van der Waals surface area contributed by atoms with E-state index in [-0.39, 0.29) is 36.0 Å². The number of benzene rings is 2. The minimum Gasteiger partial charge on any atom is -0.484 e. The summed E-state index contributed by atoms with van der Waals surface area (Å²) < 4.78 is 24.8. The fraction of sp³-hybridized carbons (Fsp3) is 0.500. The second kappa shape index (κ2) is 10.5. The number of hydrogen-bond acceptors (Lipinski definition) is 4. The van der Waals surface area contributed by atoms with Crippen LogP contribution in [-0.4, -0.2) is 55.3 Å². The number of rotatable bonds is 8. The standard InChI is InChI=1S/C26H33FN2O3/c1-29(16-13-20-6-3-2-4-7-20)24-18-26(14-5-17-32-26)15-12-23(24)28-25(30)19-31-22-10-8-21(27)9-11-22/h2-4,6-11,23-24H,5,12-19H2,1H3,(H,28,30)/t23-,24-,26-/m0/s1. The summed E-state index contributed by atoms with van der Waals surface area (Å²) in [7, 11) is 2.15. The molecule has 2 aliphatic rings. The predicted octanol–water partition coefficient (Wildman–Crippen LogP) is 3.97. The number of likely N-dealkylation sites (N-methyl/N-ethyl adjacent to an activating group) is 1. The highest BCUT2D eigenvalue weighted by atomic mass is 19.1. The first-order valence-corrected chi connectivity index (χ1v) is 11.6. The number of nitrogens with one attached hydrogen (secondary N) is 1. The summed E-state index contributed by atoms with van der Waals surface area (Å²) in [5.41, 5.74) is 1.27. The quantitative estimate of drug-likeness (QED) is 0.675. The van der Waals surface area contributed by atoms with E-state index in [0.29, 0.717) is 5.75 Å². The summed E-state index contributed by atoms with van der Waals surface area (Å²) in [4.78, 5) is 15.0. The molecule has 0 bridgehead atoms. The maximum Gasteiger partial charge on any atom is 0.258 e. The van der Waals surface area contributed by atoms with Crippen molar-refractivity contribution in [1.29, 1.82) is 0 Å². The molecule has 3 atom stereocenters. The molecule has 2 aromatic rings. The molecule has 1 saturated heterocycles. The maximum atomic E-state index is 13.1. The van der Waals surface area contributed by atoms with E-state index < -0.39 is 0 Å². The van der Waals surface area contributed by atoms with E-state index in [4.69, 9.17) is 9.47 Å². The molecule has 5 nitrogen and oxygen atoms in total. The van der Waals surface area contributed by atoms with E-state index >= 15 is 0 Å². The number of amides is 1. The van der Waals surface area contributed by atoms with Crippen molar-refractivity contribution in [1.82, 2.24) is 10.2 Å². The van der Waals surface area contributed by atoms with Crippen LogP contribution in [0.4, 0.5) is 4.39 Å². The van der Waals surface area contributed by atoms with Crippen molar-refractivity contribution in [3.63, 3.8) is 0 Å². The molecule has 4 rings (SSSR count). The van der Waals surface area contributed by atoms with Gasteiger partial charge in [0.25, 0.3) is 5.91 Å². The zero-order valence-electron chi connectivity index (χ0n) is 18.8. The third-order valence-electron chi connectivity index (χ3n) is 6.83. The number of hydrogen-bond donors (Lipinski definition) is 1. The third-order valence-corrected chi connectivity index (χ3v) is 6.83. The van der Waals surface area contributed by atoms with Crippen LogP contribution >= 0.6 is 0 Å². The average Bonchev–Trinajstić information content (AvgIpc) is 3.27. The van der Waals surface area contributed by atoms with Gasteiger partial charge in [0, 0.05) is 25.2 Å². The van der Waals surface area contributed by atoms with E-state index in [0.717, 1.165) is 51.7 Å². The lowest BCUT2D eigenvalue weighted by Gasteiger charge is -2.46. The van der Waals surface area contributed by atoms with Crippen molar-refractivity contribution < 1.29 is 18.7 Å². The monoisotopic (exact) mass is 440 g/mol. The van der Waals surface area contributed by atoms with Gasteiger partial charge in [0.05, 0.1) is 5.60 Å². The Morgan fingerprint density at radius 1 is 1.19 bits per heavy atom. The molecule has 1 amide bonds. The Bertz CT molecular complexity index is 868. The molecule has 1 spiro atoms. The SMILES string of the molecule is CN(CCc1ccccc1)[C@H]1C[C@]2(CCCO2)CC[C@@H]1NC(=O)COc1ccc(F)cc1. The number of halogens is 1. The van der Waals surface area contributed by atoms with Crippen LogP contribution in [0.1, 0.15) is 37.7 Å². The molecule has 1 saturated carbocycles. The van der Waals surface area contributed by atoms with Crippen molar-refractivity contribution in [2.75, 3.05) is 26.8 Å². The van der Waals surface area contributed by atoms with Gasteiger partial charge in [-0.2, -0.15) is 0 Å². The lowest BCUT2D eigenvalue weighted by Crippen LogP contribution is -2.58. The molecular formula is C26H33FN2O3. The summed E-state index contributed by atoms with van der Waals surface area (Å²) in [5.74, 6) is 0.0116. The molecule has 1 aliphatic heterocycles. The maximum absolute atomic E-state index is 13.1. The first-order valence-electron chi connectivity index (χ1n) is 11.6. The van der Waals surface area contributed by atoms with Crippen LogP contribution in [0.15, 0.2) is 54.6 Å². The zero-order valence-corrected chi connectivity index (χ0v) is 18.8. The molecule has 1 aliphatic carbocycles. The highest BCUT2D eigenvalue weighted by Gasteiger charge is 2.45. The van der Waals surface area contributed by atoms with Crippen LogP contribution in [-0.2, 0) is 16.0 Å². The Morgan fingerprint density at radius 3 is 2.69 bits per heavy atom. The second-order valence-corrected chi connectivity index (χ2v) is 9.08. The Kier molecular flexibility index (Phi) is 7.43. The molecule has 1 N–H and O–H groups in total. The fourth-order valence-electron chi connectivity index (χ4n) is 5.03. The van der Waals surface area contributed by atoms with Gasteiger partial charge in [-0.15, -0.1) is 0 Å². The minimum absolute atomic E-state index is 0.0441. The summed E-state index contributed by atoms with van der Waals surface area (Å²) in [6.45, 7) is 1.68. The molecule has 32 heavy (non-hydrogen) atoms. The van der Waals surface area contributed by atoms with E-state index in [9.17, 15) is 9.18 Å². The molecule has 172 valence electrons. The van der Waals surface area contributed by atoms with Gasteiger partial charge in [-0.3, -0.25) is 4.79 Å². The number of carbonyl (C=O) groups is 1. The lowest BCUT2D eigenvalue weighted by atomic mass is 9.76. The van der Waals surface area contributed by atoms with Gasteiger partial charge >= 0.3 is 0 Å². The summed E-state index contributed by atoms with van der Waals surface area (Å²) in [6, 6.07) is 16.5. The number of ether oxygens (including phenoxy) is 2. The largest absolute Gasteiger partial charge is 0.484 e. The molecule has 1 heterocycles. The topological polar surface area (TPSA) is 50.8 Å². The summed E-state index contributed by atoms with van der Waals surface area (Å²) in [6.07, 6.45) is 5.98. The molecular weight excluding hydrogens is 407 g/mol. The number of nitrogens with zero attached hydrogens (tertiary/aromatic N) is 1. The number of carbonyl (C=O) groups excluding carboxylic acids is 1. The van der Waals surface area contributed by atoms with E-state index in [1.54, 1.807) is 0 Å². The third kappa shape index (κ3) is 5.87. The Hall–Kier alpha value is -2.44. The normalized spacial score (nSPS) is 25.2. The van der Waals surface area contributed by atoms with E-state index in [1.807, 2.05) is 6.07 Å². The highest BCUT2D eigenvalue weighted by Crippen LogP contribution is 2.41. The first kappa shape index (κ1) is 22.7. The minimum atomic E-state index is -0.326. The second-order valence-electron chi connectivity index (χ2n) is 9.08. The van der Waals surface area contributed by atoms with Crippen LogP contribution in [0.5, 0.6) is 5.75 Å². The van der Waals surface area contributed by atoms with E-state index in [1.165, 1.54) is 29.8 Å². The van der Waals surface area contributed by atoms with Gasteiger partial charge in [0.15, 0.2) is 6.61 Å². The molecule has 0 radical (unpaired) electrons. The van der Waals surface area contributed by atoms with Crippen molar-refractivity contribution in [2.24, 2.45) is 0 Å². The molecule has 6 heteroatoms. The van der Waals surface area contributed by atoms with Crippen LogP contribution < -0.4 is 10.1 Å². The Labute approximate surface area is 189 Å². The van der Waals surface area contributed by atoms with Crippen LogP contribution in [0.25, 0.3) is 0 Å². The summed E-state index contributed by atoms with van der Waals surface area (Å²) >= 11 is 0. The average molecular weight is 441 g/mol. The molecule has 2 fully saturated rings. The molecule has 0 unspecified atom stereocenters. The summed E-state index contributed by atoms with van der Waals surface area (Å²) in [5, 5.41) is 3.20. The fourth-order valence-corrected chi connectivity index (χ4v) is 5.03. The van der Waals surface area contributed by atoms with Gasteiger partial charge in [-0.1, -0.05) is 30.3 Å². The Balaban J connectivity index is 1.36. The highest BCUT2D eigenvalue weighted by molar-refractivity contribution is 5.78. The van der Waals surface area contributed by atoms with Gasteiger partial charge in [-0.25, -0.2) is 4.39 Å². The smallest absolute Gasteiger partial charge is 0.258 e.